The highest BCUT2D eigenvalue weighted by Crippen LogP contribution is 2.27. The number of carboxylic acid groups (broad SMARTS) is 1. The number of nitrogens with zero attached hydrogens (tertiary/aromatic N) is 1. The number of carboxylic acids is 1. The minimum atomic E-state index is -0.907. The number of aromatic nitrogens is 1. The molecule has 1 fully saturated rings. The molecule has 0 radical (unpaired) electrons. The van der Waals surface area contributed by atoms with Crippen LogP contribution >= 0.6 is 11.8 Å². The van der Waals surface area contributed by atoms with Crippen LogP contribution in [0, 0.1) is 0 Å². The highest BCUT2D eigenvalue weighted by molar-refractivity contribution is 7.99. The molecule has 4 nitrogen and oxygen atoms in total. The van der Waals surface area contributed by atoms with Gasteiger partial charge in [0.25, 0.3) is 0 Å². The molecule has 0 spiro atoms. The molecule has 1 aliphatic carbocycles. The van der Waals surface area contributed by atoms with Crippen LogP contribution < -0.4 is 5.32 Å². The van der Waals surface area contributed by atoms with E-state index in [2.05, 4.69) is 16.6 Å². The number of aromatic carboxylic acids is 1. The van der Waals surface area contributed by atoms with E-state index in [0.29, 0.717) is 29.1 Å². The highest BCUT2D eigenvalue weighted by atomic mass is 32.2. The quantitative estimate of drug-likeness (QED) is 0.868. The molecule has 0 amide bonds. The van der Waals surface area contributed by atoms with Crippen molar-refractivity contribution in [1.29, 1.82) is 0 Å². The van der Waals surface area contributed by atoms with Gasteiger partial charge in [0.2, 0.25) is 0 Å². The first-order valence-electron chi connectivity index (χ1n) is 6.65. The first-order valence-corrected chi connectivity index (χ1v) is 7.94. The van der Waals surface area contributed by atoms with Gasteiger partial charge < -0.3 is 10.4 Å². The third-order valence-electron chi connectivity index (χ3n) is 3.66. The molecule has 2 unspecified atom stereocenters. The number of carbonyl (C=O) groups is 1. The maximum Gasteiger partial charge on any atom is 0.337 e. The van der Waals surface area contributed by atoms with Crippen molar-refractivity contribution >= 4 is 17.7 Å². The van der Waals surface area contributed by atoms with E-state index in [-0.39, 0.29) is 0 Å². The molecule has 0 aliphatic heterocycles. The Bertz CT molecular complexity index is 439. The van der Waals surface area contributed by atoms with E-state index in [1.54, 1.807) is 18.3 Å². The lowest BCUT2D eigenvalue weighted by Crippen LogP contribution is -2.40. The van der Waals surface area contributed by atoms with E-state index in [0.717, 1.165) is 0 Å². The van der Waals surface area contributed by atoms with Gasteiger partial charge in [-0.2, -0.15) is 11.8 Å². The molecule has 19 heavy (non-hydrogen) atoms. The summed E-state index contributed by atoms with van der Waals surface area (Å²) in [6, 6.07) is 3.74. The van der Waals surface area contributed by atoms with E-state index in [9.17, 15) is 4.79 Å². The number of rotatable bonds is 5. The first kappa shape index (κ1) is 14.3. The van der Waals surface area contributed by atoms with Crippen LogP contribution in [-0.4, -0.2) is 33.6 Å². The van der Waals surface area contributed by atoms with Gasteiger partial charge in [0.05, 0.1) is 11.3 Å². The second-order valence-electron chi connectivity index (χ2n) is 4.85. The number of hydrogen-bond donors (Lipinski definition) is 2. The largest absolute Gasteiger partial charge is 0.478 e. The fourth-order valence-electron chi connectivity index (χ4n) is 2.61. The fraction of sp³-hybridized carbons (Fsp3) is 0.571. The van der Waals surface area contributed by atoms with Crippen molar-refractivity contribution in [3.05, 3.63) is 29.6 Å². The SMILES string of the molecule is CSC1CCCCC1NCc1ncccc1C(=O)O. The number of thioether (sulfide) groups is 1. The van der Waals surface area contributed by atoms with E-state index >= 15 is 0 Å². The standard InChI is InChI=1S/C14H20N2O2S/c1-19-13-7-3-2-6-11(13)16-9-12-10(14(17)18)5-4-8-15-12/h4-5,8,11,13,16H,2-3,6-7,9H2,1H3,(H,17,18). The van der Waals surface area contributed by atoms with Gasteiger partial charge in [0.1, 0.15) is 0 Å². The molecule has 1 saturated carbocycles. The van der Waals surface area contributed by atoms with Gasteiger partial charge in [-0.3, -0.25) is 4.98 Å². The average Bonchev–Trinajstić information content (AvgIpc) is 2.45. The van der Waals surface area contributed by atoms with Crippen LogP contribution in [0.4, 0.5) is 0 Å². The van der Waals surface area contributed by atoms with Crippen molar-refractivity contribution in [2.24, 2.45) is 0 Å². The summed E-state index contributed by atoms with van der Waals surface area (Å²) in [6.45, 7) is 0.532. The van der Waals surface area contributed by atoms with E-state index in [1.165, 1.54) is 25.7 Å². The molecular formula is C14H20N2O2S. The Balaban J connectivity index is 2.00. The minimum Gasteiger partial charge on any atom is -0.478 e. The fourth-order valence-corrected chi connectivity index (χ4v) is 3.58. The molecular weight excluding hydrogens is 260 g/mol. The van der Waals surface area contributed by atoms with Gasteiger partial charge in [0.15, 0.2) is 0 Å². The maximum atomic E-state index is 11.1. The predicted octanol–water partition coefficient (Wildman–Crippen LogP) is 2.54. The van der Waals surface area contributed by atoms with Crippen LogP contribution in [0.25, 0.3) is 0 Å². The number of nitrogens with one attached hydrogen (secondary N) is 1. The molecule has 2 rings (SSSR count). The summed E-state index contributed by atoms with van der Waals surface area (Å²) in [5.41, 5.74) is 0.923. The zero-order valence-corrected chi connectivity index (χ0v) is 11.9. The van der Waals surface area contributed by atoms with Crippen LogP contribution in [-0.2, 0) is 6.54 Å². The molecule has 2 atom stereocenters. The third kappa shape index (κ3) is 3.70. The summed E-state index contributed by atoms with van der Waals surface area (Å²) in [5.74, 6) is -0.907. The first-order chi connectivity index (χ1) is 9.22. The number of hydrogen-bond acceptors (Lipinski definition) is 4. The summed E-state index contributed by atoms with van der Waals surface area (Å²) in [7, 11) is 0. The van der Waals surface area contributed by atoms with Crippen molar-refractivity contribution in [3.63, 3.8) is 0 Å². The molecule has 5 heteroatoms. The molecule has 1 heterocycles. The van der Waals surface area contributed by atoms with Crippen molar-refractivity contribution in [3.8, 4) is 0 Å². The normalized spacial score (nSPS) is 23.2. The molecule has 0 aromatic carbocycles. The number of pyridine rings is 1. The Hall–Kier alpha value is -1.07. The van der Waals surface area contributed by atoms with Crippen molar-refractivity contribution in [1.82, 2.24) is 10.3 Å². The third-order valence-corrected chi connectivity index (χ3v) is 4.83. The Morgan fingerprint density at radius 3 is 3.05 bits per heavy atom. The van der Waals surface area contributed by atoms with Crippen molar-refractivity contribution < 1.29 is 9.90 Å². The zero-order valence-electron chi connectivity index (χ0n) is 11.1. The predicted molar refractivity (Wildman–Crippen MR) is 77.6 cm³/mol. The monoisotopic (exact) mass is 280 g/mol. The van der Waals surface area contributed by atoms with E-state index in [4.69, 9.17) is 5.11 Å². The van der Waals surface area contributed by atoms with Crippen LogP contribution in [0.5, 0.6) is 0 Å². The van der Waals surface area contributed by atoms with Crippen LogP contribution in [0.2, 0.25) is 0 Å². The van der Waals surface area contributed by atoms with Gasteiger partial charge >= 0.3 is 5.97 Å². The molecule has 1 aromatic rings. The van der Waals surface area contributed by atoms with Crippen LogP contribution in [0.1, 0.15) is 41.7 Å². The zero-order chi connectivity index (χ0) is 13.7. The van der Waals surface area contributed by atoms with Crippen molar-refractivity contribution in [2.75, 3.05) is 6.26 Å². The summed E-state index contributed by atoms with van der Waals surface area (Å²) < 4.78 is 0. The molecule has 104 valence electrons. The Morgan fingerprint density at radius 1 is 1.53 bits per heavy atom. The summed E-state index contributed by atoms with van der Waals surface area (Å²) >= 11 is 1.90. The Labute approximate surface area is 118 Å². The van der Waals surface area contributed by atoms with Gasteiger partial charge in [-0.15, -0.1) is 0 Å². The second-order valence-corrected chi connectivity index (χ2v) is 5.93. The van der Waals surface area contributed by atoms with Gasteiger partial charge in [-0.25, -0.2) is 4.79 Å². The van der Waals surface area contributed by atoms with Crippen molar-refractivity contribution in [2.45, 2.75) is 43.5 Å². The second kappa shape index (κ2) is 6.91. The molecule has 1 aromatic heterocycles. The summed E-state index contributed by atoms with van der Waals surface area (Å²) in [4.78, 5) is 15.3. The average molecular weight is 280 g/mol. The summed E-state index contributed by atoms with van der Waals surface area (Å²) in [6.07, 6.45) is 8.76. The minimum absolute atomic E-state index is 0.298. The van der Waals surface area contributed by atoms with Gasteiger partial charge in [-0.1, -0.05) is 12.8 Å². The van der Waals surface area contributed by atoms with Gasteiger partial charge in [0, 0.05) is 24.0 Å². The lowest BCUT2D eigenvalue weighted by atomic mass is 9.94. The van der Waals surface area contributed by atoms with E-state index in [1.807, 2.05) is 11.8 Å². The topological polar surface area (TPSA) is 62.2 Å². The molecule has 0 saturated heterocycles. The molecule has 0 bridgehead atoms. The lowest BCUT2D eigenvalue weighted by molar-refractivity contribution is 0.0695. The maximum absolute atomic E-state index is 11.1. The summed E-state index contributed by atoms with van der Waals surface area (Å²) in [5, 5.41) is 13.2. The van der Waals surface area contributed by atoms with E-state index < -0.39 is 5.97 Å². The molecule has 2 N–H and O–H groups in total. The van der Waals surface area contributed by atoms with Gasteiger partial charge in [-0.05, 0) is 31.2 Å². The highest BCUT2D eigenvalue weighted by Gasteiger charge is 2.24. The molecule has 1 aliphatic rings. The Morgan fingerprint density at radius 2 is 2.32 bits per heavy atom. The Kier molecular flexibility index (Phi) is 5.22. The van der Waals surface area contributed by atoms with Crippen LogP contribution in [0.3, 0.4) is 0 Å². The van der Waals surface area contributed by atoms with Crippen LogP contribution in [0.15, 0.2) is 18.3 Å². The smallest absolute Gasteiger partial charge is 0.337 e. The lowest BCUT2D eigenvalue weighted by Gasteiger charge is -2.31.